The maximum Gasteiger partial charge on any atom is 0.193 e. The van der Waals surface area contributed by atoms with Gasteiger partial charge in [-0.1, -0.05) is 0 Å². The van der Waals surface area contributed by atoms with Gasteiger partial charge >= 0.3 is 0 Å². The first-order valence-corrected chi connectivity index (χ1v) is 8.68. The predicted molar refractivity (Wildman–Crippen MR) is 90.0 cm³/mol. The zero-order valence-electron chi connectivity index (χ0n) is 13.0. The van der Waals surface area contributed by atoms with Crippen LogP contribution in [0.1, 0.15) is 0 Å². The molecule has 0 aromatic carbocycles. The van der Waals surface area contributed by atoms with E-state index in [1.165, 1.54) is 5.00 Å². The van der Waals surface area contributed by atoms with Crippen molar-refractivity contribution in [3.8, 4) is 0 Å². The normalized spacial score (nSPS) is 23.7. The standard InChI is InChI=1S/C15H24N4O2S/c1-16-15(17-11-13-12-20-8-9-21-13)19-6-4-18(5-7-19)14-3-2-10-22-14/h2-3,10,13H,4-9,11-12H2,1H3,(H,16,17). The molecule has 0 spiro atoms. The molecule has 0 bridgehead atoms. The van der Waals surface area contributed by atoms with Crippen LogP contribution in [0.15, 0.2) is 22.5 Å². The summed E-state index contributed by atoms with van der Waals surface area (Å²) in [5, 5.41) is 6.90. The van der Waals surface area contributed by atoms with Crippen molar-refractivity contribution in [1.82, 2.24) is 10.2 Å². The molecule has 3 heterocycles. The molecule has 1 atom stereocenters. The summed E-state index contributed by atoms with van der Waals surface area (Å²) in [6, 6.07) is 4.30. The lowest BCUT2D eigenvalue weighted by Crippen LogP contribution is -2.54. The smallest absolute Gasteiger partial charge is 0.193 e. The maximum absolute atomic E-state index is 5.66. The van der Waals surface area contributed by atoms with Gasteiger partial charge in [-0.15, -0.1) is 11.3 Å². The molecule has 122 valence electrons. The molecule has 0 aliphatic carbocycles. The summed E-state index contributed by atoms with van der Waals surface area (Å²) >= 11 is 1.80. The van der Waals surface area contributed by atoms with Crippen LogP contribution in [0.2, 0.25) is 0 Å². The number of anilines is 1. The lowest BCUT2D eigenvalue weighted by Gasteiger charge is -2.37. The Hall–Kier alpha value is -1.31. The van der Waals surface area contributed by atoms with Gasteiger partial charge in [-0.2, -0.15) is 0 Å². The Morgan fingerprint density at radius 2 is 2.23 bits per heavy atom. The van der Waals surface area contributed by atoms with Gasteiger partial charge < -0.3 is 24.6 Å². The van der Waals surface area contributed by atoms with Crippen molar-refractivity contribution in [3.05, 3.63) is 17.5 Å². The molecule has 0 radical (unpaired) electrons. The Kier molecular flexibility index (Phi) is 5.53. The largest absolute Gasteiger partial charge is 0.376 e. The van der Waals surface area contributed by atoms with E-state index in [1.807, 2.05) is 7.05 Å². The SMILES string of the molecule is CN=C(NCC1COCCO1)N1CCN(c2cccs2)CC1. The first-order chi connectivity index (χ1) is 10.9. The van der Waals surface area contributed by atoms with E-state index in [0.29, 0.717) is 19.8 Å². The minimum atomic E-state index is 0.123. The highest BCUT2D eigenvalue weighted by atomic mass is 32.1. The van der Waals surface area contributed by atoms with E-state index in [4.69, 9.17) is 9.47 Å². The number of hydrogen-bond acceptors (Lipinski definition) is 5. The van der Waals surface area contributed by atoms with Gasteiger partial charge in [0.05, 0.1) is 30.9 Å². The Morgan fingerprint density at radius 3 is 2.86 bits per heavy atom. The summed E-state index contributed by atoms with van der Waals surface area (Å²) in [5.74, 6) is 0.958. The number of aliphatic imine (C=N–C) groups is 1. The summed E-state index contributed by atoms with van der Waals surface area (Å²) in [6.07, 6.45) is 0.123. The molecule has 3 rings (SSSR count). The van der Waals surface area contributed by atoms with Crippen LogP contribution in [0.4, 0.5) is 5.00 Å². The summed E-state index contributed by atoms with van der Waals surface area (Å²) in [6.45, 7) is 6.84. The molecular weight excluding hydrogens is 300 g/mol. The molecule has 2 fully saturated rings. The molecule has 1 unspecified atom stereocenters. The highest BCUT2D eigenvalue weighted by molar-refractivity contribution is 7.14. The van der Waals surface area contributed by atoms with Crippen LogP contribution in [-0.2, 0) is 9.47 Å². The fourth-order valence-electron chi connectivity index (χ4n) is 2.78. The van der Waals surface area contributed by atoms with Gasteiger partial charge in [-0.25, -0.2) is 0 Å². The number of hydrogen-bond donors (Lipinski definition) is 1. The fourth-order valence-corrected chi connectivity index (χ4v) is 3.57. The van der Waals surface area contributed by atoms with Crippen LogP contribution in [0.25, 0.3) is 0 Å². The van der Waals surface area contributed by atoms with Crippen LogP contribution in [-0.4, -0.2) is 76.6 Å². The van der Waals surface area contributed by atoms with E-state index in [0.717, 1.165) is 38.7 Å². The average molecular weight is 324 g/mol. The van der Waals surface area contributed by atoms with Gasteiger partial charge in [0.1, 0.15) is 0 Å². The second-order valence-corrected chi connectivity index (χ2v) is 6.35. The number of rotatable bonds is 3. The summed E-state index contributed by atoms with van der Waals surface area (Å²) in [5.41, 5.74) is 0. The first kappa shape index (κ1) is 15.6. The van der Waals surface area contributed by atoms with E-state index < -0.39 is 0 Å². The molecule has 7 heteroatoms. The van der Waals surface area contributed by atoms with Crippen molar-refractivity contribution < 1.29 is 9.47 Å². The van der Waals surface area contributed by atoms with Gasteiger partial charge in [0.25, 0.3) is 0 Å². The maximum atomic E-state index is 5.66. The number of nitrogens with zero attached hydrogens (tertiary/aromatic N) is 3. The molecule has 2 aliphatic rings. The van der Waals surface area contributed by atoms with E-state index in [1.54, 1.807) is 11.3 Å². The number of ether oxygens (including phenoxy) is 2. The second-order valence-electron chi connectivity index (χ2n) is 5.42. The van der Waals surface area contributed by atoms with Gasteiger partial charge in [-0.3, -0.25) is 4.99 Å². The average Bonchev–Trinajstić information content (AvgIpc) is 3.11. The van der Waals surface area contributed by atoms with Crippen molar-refractivity contribution in [2.45, 2.75) is 6.10 Å². The number of nitrogens with one attached hydrogen (secondary N) is 1. The molecule has 1 aromatic heterocycles. The molecule has 2 aliphatic heterocycles. The summed E-state index contributed by atoms with van der Waals surface area (Å²) in [7, 11) is 1.84. The third-order valence-electron chi connectivity index (χ3n) is 3.98. The Balaban J connectivity index is 1.46. The van der Waals surface area contributed by atoms with Crippen molar-refractivity contribution in [1.29, 1.82) is 0 Å². The monoisotopic (exact) mass is 324 g/mol. The lowest BCUT2D eigenvalue weighted by molar-refractivity contribution is -0.0851. The lowest BCUT2D eigenvalue weighted by atomic mass is 10.3. The number of guanidine groups is 1. The van der Waals surface area contributed by atoms with Crippen molar-refractivity contribution in [3.63, 3.8) is 0 Å². The number of thiophene rings is 1. The first-order valence-electron chi connectivity index (χ1n) is 7.80. The molecule has 0 amide bonds. The minimum Gasteiger partial charge on any atom is -0.376 e. The summed E-state index contributed by atoms with van der Waals surface area (Å²) < 4.78 is 11.1. The van der Waals surface area contributed by atoms with Gasteiger partial charge in [-0.05, 0) is 17.5 Å². The number of piperazine rings is 1. The summed E-state index contributed by atoms with van der Waals surface area (Å²) in [4.78, 5) is 9.15. The molecule has 22 heavy (non-hydrogen) atoms. The molecule has 6 nitrogen and oxygen atoms in total. The van der Waals surface area contributed by atoms with Crippen LogP contribution < -0.4 is 10.2 Å². The highest BCUT2D eigenvalue weighted by Crippen LogP contribution is 2.22. The zero-order valence-corrected chi connectivity index (χ0v) is 13.8. The Morgan fingerprint density at radius 1 is 1.36 bits per heavy atom. The van der Waals surface area contributed by atoms with Crippen molar-refractivity contribution >= 4 is 22.3 Å². The van der Waals surface area contributed by atoms with Crippen LogP contribution in [0, 0.1) is 0 Å². The van der Waals surface area contributed by atoms with Crippen molar-refractivity contribution in [2.24, 2.45) is 4.99 Å². The zero-order chi connectivity index (χ0) is 15.2. The second kappa shape index (κ2) is 7.80. The Bertz CT molecular complexity index is 466. The van der Waals surface area contributed by atoms with Crippen molar-refractivity contribution in [2.75, 3.05) is 64.5 Å². The molecule has 2 saturated heterocycles. The van der Waals surface area contributed by atoms with Crippen LogP contribution in [0.3, 0.4) is 0 Å². The van der Waals surface area contributed by atoms with Crippen LogP contribution in [0.5, 0.6) is 0 Å². The van der Waals surface area contributed by atoms with Gasteiger partial charge in [0, 0.05) is 39.8 Å². The molecule has 0 saturated carbocycles. The molecule has 1 aromatic rings. The van der Waals surface area contributed by atoms with E-state index >= 15 is 0 Å². The topological polar surface area (TPSA) is 49.3 Å². The van der Waals surface area contributed by atoms with Gasteiger partial charge in [0.15, 0.2) is 5.96 Å². The minimum absolute atomic E-state index is 0.123. The van der Waals surface area contributed by atoms with E-state index in [-0.39, 0.29) is 6.10 Å². The molecule has 1 N–H and O–H groups in total. The quantitative estimate of drug-likeness (QED) is 0.660. The Labute approximate surface area is 135 Å². The fraction of sp³-hybridized carbons (Fsp3) is 0.667. The predicted octanol–water partition coefficient (Wildman–Crippen LogP) is 0.861. The highest BCUT2D eigenvalue weighted by Gasteiger charge is 2.21. The van der Waals surface area contributed by atoms with E-state index in [9.17, 15) is 0 Å². The van der Waals surface area contributed by atoms with Crippen LogP contribution >= 0.6 is 11.3 Å². The third kappa shape index (κ3) is 3.91. The van der Waals surface area contributed by atoms with Gasteiger partial charge in [0.2, 0.25) is 0 Å². The molecular formula is C15H24N4O2S. The van der Waals surface area contributed by atoms with E-state index in [2.05, 4.69) is 37.6 Å². The third-order valence-corrected chi connectivity index (χ3v) is 4.91.